The number of halogens is 1. The van der Waals surface area contributed by atoms with E-state index in [2.05, 4.69) is 22.4 Å². The van der Waals surface area contributed by atoms with E-state index >= 15 is 0 Å². The molecule has 0 spiro atoms. The van der Waals surface area contributed by atoms with Crippen molar-refractivity contribution in [2.75, 3.05) is 38.2 Å². The Morgan fingerprint density at radius 2 is 1.83 bits per heavy atom. The number of amides is 1. The number of hydrogen-bond acceptors (Lipinski definition) is 3. The minimum atomic E-state index is -0.352. The fraction of sp³-hybridized carbons (Fsp3) is 0.391. The molecule has 3 N–H and O–H groups in total. The lowest BCUT2D eigenvalue weighted by Crippen LogP contribution is -2.43. The van der Waals surface area contributed by atoms with Gasteiger partial charge in [-0.3, -0.25) is 9.79 Å². The van der Waals surface area contributed by atoms with Gasteiger partial charge >= 0.3 is 0 Å². The Hall–Kier alpha value is -2.13. The van der Waals surface area contributed by atoms with Crippen LogP contribution < -0.4 is 11.1 Å². The number of rotatable bonds is 5. The van der Waals surface area contributed by atoms with Gasteiger partial charge in [0.15, 0.2) is 5.96 Å². The molecule has 1 atom stereocenters. The Labute approximate surface area is 194 Å². The number of nitrogens with one attached hydrogen (secondary N) is 1. The molecule has 6 nitrogen and oxygen atoms in total. The molecule has 1 amide bonds. The summed E-state index contributed by atoms with van der Waals surface area (Å²) in [5.41, 5.74) is 10.9. The van der Waals surface area contributed by atoms with E-state index < -0.39 is 0 Å². The predicted octanol–water partition coefficient (Wildman–Crippen LogP) is 3.16. The highest BCUT2D eigenvalue weighted by Crippen LogP contribution is 2.25. The van der Waals surface area contributed by atoms with Crippen molar-refractivity contribution in [3.8, 4) is 0 Å². The van der Waals surface area contributed by atoms with Crippen molar-refractivity contribution >= 4 is 41.5 Å². The van der Waals surface area contributed by atoms with Gasteiger partial charge in [-0.15, -0.1) is 24.0 Å². The summed E-state index contributed by atoms with van der Waals surface area (Å²) in [4.78, 5) is 19.5. The van der Waals surface area contributed by atoms with Crippen LogP contribution in [-0.4, -0.2) is 49.6 Å². The van der Waals surface area contributed by atoms with Gasteiger partial charge in [-0.25, -0.2) is 0 Å². The lowest BCUT2D eigenvalue weighted by Gasteiger charge is -2.30. The normalized spacial score (nSPS) is 17.1. The van der Waals surface area contributed by atoms with Crippen molar-refractivity contribution in [1.29, 1.82) is 0 Å². The maximum absolute atomic E-state index is 13.1. The van der Waals surface area contributed by atoms with E-state index in [4.69, 9.17) is 10.5 Å². The van der Waals surface area contributed by atoms with E-state index in [9.17, 15) is 4.79 Å². The third-order valence-corrected chi connectivity index (χ3v) is 5.64. The molecule has 0 radical (unpaired) electrons. The zero-order valence-electron chi connectivity index (χ0n) is 17.0. The van der Waals surface area contributed by atoms with E-state index in [0.29, 0.717) is 38.8 Å². The van der Waals surface area contributed by atoms with Gasteiger partial charge in [0.25, 0.3) is 0 Å². The van der Waals surface area contributed by atoms with Crippen LogP contribution in [0.5, 0.6) is 0 Å². The van der Waals surface area contributed by atoms with Crippen LogP contribution in [0.4, 0.5) is 5.69 Å². The highest BCUT2D eigenvalue weighted by molar-refractivity contribution is 14.0. The van der Waals surface area contributed by atoms with Crippen LogP contribution in [0.15, 0.2) is 53.5 Å². The predicted molar refractivity (Wildman–Crippen MR) is 131 cm³/mol. The number of nitrogens with zero attached hydrogens (tertiary/aromatic N) is 2. The topological polar surface area (TPSA) is 80.0 Å². The smallest absolute Gasteiger partial charge is 0.232 e. The van der Waals surface area contributed by atoms with E-state index in [1.807, 2.05) is 41.3 Å². The van der Waals surface area contributed by atoms with Gasteiger partial charge in [0.2, 0.25) is 5.91 Å². The molecule has 2 aromatic carbocycles. The van der Waals surface area contributed by atoms with E-state index in [1.54, 1.807) is 0 Å². The van der Waals surface area contributed by atoms with Gasteiger partial charge in [-0.1, -0.05) is 36.4 Å². The Bertz CT molecular complexity index is 882. The molecule has 0 bridgehead atoms. The second-order valence-corrected chi connectivity index (χ2v) is 7.59. The summed E-state index contributed by atoms with van der Waals surface area (Å²) >= 11 is 0. The number of benzene rings is 2. The molecule has 7 heteroatoms. The van der Waals surface area contributed by atoms with E-state index in [1.165, 1.54) is 17.5 Å². The third-order valence-electron chi connectivity index (χ3n) is 5.64. The first-order valence-corrected chi connectivity index (χ1v) is 10.3. The lowest BCUT2D eigenvalue weighted by atomic mass is 9.97. The van der Waals surface area contributed by atoms with Crippen LogP contribution in [0.25, 0.3) is 0 Å². The number of aryl methyl sites for hydroxylation is 2. The Morgan fingerprint density at radius 3 is 2.60 bits per heavy atom. The minimum absolute atomic E-state index is 0. The van der Waals surface area contributed by atoms with Crippen LogP contribution in [0.1, 0.15) is 29.0 Å². The highest BCUT2D eigenvalue weighted by atomic mass is 127. The maximum Gasteiger partial charge on any atom is 0.232 e. The summed E-state index contributed by atoms with van der Waals surface area (Å²) in [7, 11) is 0. The number of aliphatic imine (C=N–C) groups is 1. The van der Waals surface area contributed by atoms with Crippen LogP contribution in [0.2, 0.25) is 0 Å². The van der Waals surface area contributed by atoms with Gasteiger partial charge in [-0.2, -0.15) is 0 Å². The molecule has 4 rings (SSSR count). The number of carbonyl (C=O) groups excluding carboxylic acids is 1. The first kappa shape index (κ1) is 22.6. The monoisotopic (exact) mass is 520 g/mol. The van der Waals surface area contributed by atoms with Crippen LogP contribution >= 0.6 is 24.0 Å². The van der Waals surface area contributed by atoms with E-state index in [-0.39, 0.29) is 35.8 Å². The maximum atomic E-state index is 13.1. The molecule has 1 unspecified atom stereocenters. The largest absolute Gasteiger partial charge is 0.378 e. The van der Waals surface area contributed by atoms with Gasteiger partial charge < -0.3 is 20.7 Å². The number of nitrogens with two attached hydrogens (primary N) is 1. The Kier molecular flexibility index (Phi) is 8.09. The molecule has 1 fully saturated rings. The summed E-state index contributed by atoms with van der Waals surface area (Å²) in [6.45, 7) is 2.71. The molecular weight excluding hydrogens is 491 g/mol. The zero-order valence-corrected chi connectivity index (χ0v) is 19.4. The van der Waals surface area contributed by atoms with Crippen LogP contribution in [0, 0.1) is 0 Å². The first-order valence-electron chi connectivity index (χ1n) is 10.3. The molecule has 30 heavy (non-hydrogen) atoms. The SMILES string of the molecule is I.NC(=NCC(C(=O)N1CCOCC1)c1ccccc1)Nc1ccc2c(c1)CCC2. The Morgan fingerprint density at radius 1 is 1.10 bits per heavy atom. The van der Waals surface area contributed by atoms with Gasteiger partial charge in [0.1, 0.15) is 0 Å². The summed E-state index contributed by atoms with van der Waals surface area (Å²) in [6.07, 6.45) is 3.48. The van der Waals surface area contributed by atoms with Crippen LogP contribution in [-0.2, 0) is 22.4 Å². The third kappa shape index (κ3) is 5.51. The number of hydrogen-bond donors (Lipinski definition) is 2. The second-order valence-electron chi connectivity index (χ2n) is 7.59. The summed E-state index contributed by atoms with van der Waals surface area (Å²) in [6, 6.07) is 16.2. The standard InChI is InChI=1S/C23H28N4O2.HI/c24-23(26-20-10-9-17-7-4-8-19(17)15-20)25-16-21(18-5-2-1-3-6-18)22(28)27-11-13-29-14-12-27;/h1-3,5-6,9-10,15,21H,4,7-8,11-14,16H2,(H3,24,25,26);1H. The first-order chi connectivity index (χ1) is 14.2. The molecule has 1 heterocycles. The average molecular weight is 520 g/mol. The molecule has 1 saturated heterocycles. The number of anilines is 1. The van der Waals surface area contributed by atoms with Crippen molar-refractivity contribution in [1.82, 2.24) is 4.90 Å². The van der Waals surface area contributed by atoms with Crippen molar-refractivity contribution in [2.45, 2.75) is 25.2 Å². The van der Waals surface area contributed by atoms with Crippen molar-refractivity contribution < 1.29 is 9.53 Å². The van der Waals surface area contributed by atoms with Crippen molar-refractivity contribution in [3.05, 3.63) is 65.2 Å². The number of ether oxygens (including phenoxy) is 1. The quantitative estimate of drug-likeness (QED) is 0.361. The molecule has 1 aliphatic carbocycles. The minimum Gasteiger partial charge on any atom is -0.378 e. The molecule has 0 aromatic heterocycles. The summed E-state index contributed by atoms with van der Waals surface area (Å²) in [5, 5.41) is 3.18. The van der Waals surface area contributed by atoms with Gasteiger partial charge in [-0.05, 0) is 48.1 Å². The van der Waals surface area contributed by atoms with Gasteiger partial charge in [0.05, 0.1) is 25.7 Å². The molecule has 0 saturated carbocycles. The highest BCUT2D eigenvalue weighted by Gasteiger charge is 2.27. The van der Waals surface area contributed by atoms with Gasteiger partial charge in [0, 0.05) is 18.8 Å². The fourth-order valence-corrected chi connectivity index (χ4v) is 4.04. The number of fused-ring (bicyclic) bond motifs is 1. The Balaban J connectivity index is 0.00000256. The summed E-state index contributed by atoms with van der Waals surface area (Å²) < 4.78 is 5.38. The second kappa shape index (κ2) is 10.8. The molecule has 1 aliphatic heterocycles. The molecule has 2 aromatic rings. The molecule has 160 valence electrons. The zero-order chi connectivity index (χ0) is 20.1. The lowest BCUT2D eigenvalue weighted by molar-refractivity contribution is -0.136. The van der Waals surface area contributed by atoms with E-state index in [0.717, 1.165) is 24.1 Å². The average Bonchev–Trinajstić information content (AvgIpc) is 3.23. The van der Waals surface area contributed by atoms with Crippen LogP contribution in [0.3, 0.4) is 0 Å². The number of morpholine rings is 1. The van der Waals surface area contributed by atoms with Crippen molar-refractivity contribution in [3.63, 3.8) is 0 Å². The fourth-order valence-electron chi connectivity index (χ4n) is 4.04. The molecular formula is C23H29IN4O2. The molecule has 2 aliphatic rings. The summed E-state index contributed by atoms with van der Waals surface area (Å²) in [5.74, 6) is 0.0573. The van der Waals surface area contributed by atoms with Crippen molar-refractivity contribution in [2.24, 2.45) is 10.7 Å². The number of guanidine groups is 1. The number of carbonyl (C=O) groups is 1.